The number of hydrogen-bond donors (Lipinski definition) is 1. The van der Waals surface area contributed by atoms with Gasteiger partial charge in [0.15, 0.2) is 0 Å². The van der Waals surface area contributed by atoms with Crippen LogP contribution >= 0.6 is 11.6 Å². The van der Waals surface area contributed by atoms with E-state index in [9.17, 15) is 18.4 Å². The molecule has 0 fully saturated rings. The number of carbonyl (C=O) groups is 1. The van der Waals surface area contributed by atoms with Crippen molar-refractivity contribution >= 4 is 28.6 Å². The highest BCUT2D eigenvalue weighted by atomic mass is 35.5. The summed E-state index contributed by atoms with van der Waals surface area (Å²) < 4.78 is 34.0. The number of carbonyl (C=O) groups excluding carboxylic acids is 1. The van der Waals surface area contributed by atoms with Gasteiger partial charge in [-0.2, -0.15) is 0 Å². The van der Waals surface area contributed by atoms with Crippen LogP contribution in [0.1, 0.15) is 33.0 Å². The number of aromatic nitrogens is 2. The Morgan fingerprint density at radius 1 is 1.19 bits per heavy atom. The van der Waals surface area contributed by atoms with Gasteiger partial charge in [0.1, 0.15) is 23.1 Å². The van der Waals surface area contributed by atoms with Crippen LogP contribution in [-0.4, -0.2) is 27.8 Å². The van der Waals surface area contributed by atoms with Crippen molar-refractivity contribution in [1.29, 1.82) is 0 Å². The van der Waals surface area contributed by atoms with Crippen molar-refractivity contribution in [2.24, 2.45) is 0 Å². The van der Waals surface area contributed by atoms with Gasteiger partial charge < -0.3 is 10.1 Å². The van der Waals surface area contributed by atoms with Crippen LogP contribution in [0, 0.1) is 11.6 Å². The second-order valence-corrected chi connectivity index (χ2v) is 8.37. The summed E-state index contributed by atoms with van der Waals surface area (Å²) >= 11 is 6.21. The van der Waals surface area contributed by atoms with E-state index in [4.69, 9.17) is 16.3 Å². The Bertz CT molecular complexity index is 1170. The Labute approximate surface area is 182 Å². The number of nitrogens with one attached hydrogen (secondary N) is 1. The van der Waals surface area contributed by atoms with E-state index < -0.39 is 28.9 Å². The first-order chi connectivity index (χ1) is 14.5. The van der Waals surface area contributed by atoms with Crippen molar-refractivity contribution < 1.29 is 18.3 Å². The normalized spacial score (nSPS) is 11.5. The molecule has 0 unspecified atom stereocenters. The van der Waals surface area contributed by atoms with Crippen LogP contribution in [0.2, 0.25) is 5.02 Å². The second kappa shape index (κ2) is 9.01. The fourth-order valence-electron chi connectivity index (χ4n) is 3.07. The Hall–Kier alpha value is -3.00. The fourth-order valence-corrected chi connectivity index (χ4v) is 3.29. The fraction of sp³-hybridized carbons (Fsp3) is 0.318. The highest BCUT2D eigenvalue weighted by Gasteiger charge is 2.17. The average molecular weight is 450 g/mol. The summed E-state index contributed by atoms with van der Waals surface area (Å²) in [6.45, 7) is 5.52. The van der Waals surface area contributed by atoms with Crippen molar-refractivity contribution in [3.63, 3.8) is 0 Å². The minimum absolute atomic E-state index is 0.0203. The van der Waals surface area contributed by atoms with Gasteiger partial charge in [-0.25, -0.2) is 18.6 Å². The molecule has 9 heteroatoms. The van der Waals surface area contributed by atoms with Gasteiger partial charge in [-0.15, -0.1) is 0 Å². The predicted octanol–water partition coefficient (Wildman–Crippen LogP) is 4.77. The largest absolute Gasteiger partial charge is 0.444 e. The van der Waals surface area contributed by atoms with Crippen molar-refractivity contribution in [2.45, 2.75) is 39.2 Å². The minimum atomic E-state index is -0.814. The Balaban J connectivity index is 1.94. The number of amides is 1. The SMILES string of the molecule is CC(C)(C)OC(=O)NCCCc1nc2c(Cl)cccc2c(=O)n1-c1cc(F)cc(F)c1. The minimum Gasteiger partial charge on any atom is -0.444 e. The zero-order valence-corrected chi connectivity index (χ0v) is 18.1. The van der Waals surface area contributed by atoms with E-state index in [0.717, 1.165) is 22.8 Å². The lowest BCUT2D eigenvalue weighted by Crippen LogP contribution is -2.33. The van der Waals surface area contributed by atoms with Crippen molar-refractivity contribution in [3.8, 4) is 5.69 Å². The van der Waals surface area contributed by atoms with E-state index in [1.165, 1.54) is 0 Å². The van der Waals surface area contributed by atoms with E-state index in [-0.39, 0.29) is 29.9 Å². The summed E-state index contributed by atoms with van der Waals surface area (Å²) in [4.78, 5) is 29.4. The lowest BCUT2D eigenvalue weighted by molar-refractivity contribution is 0.0527. The summed E-state index contributed by atoms with van der Waals surface area (Å²) in [7, 11) is 0. The van der Waals surface area contributed by atoms with Gasteiger partial charge in [-0.3, -0.25) is 9.36 Å². The van der Waals surface area contributed by atoms with Gasteiger partial charge in [0.25, 0.3) is 5.56 Å². The molecule has 0 aliphatic rings. The number of hydrogen-bond acceptors (Lipinski definition) is 4. The number of rotatable bonds is 5. The quantitative estimate of drug-likeness (QED) is 0.569. The summed E-state index contributed by atoms with van der Waals surface area (Å²) in [6, 6.07) is 7.61. The summed E-state index contributed by atoms with van der Waals surface area (Å²) in [6.07, 6.45) is 0.0793. The standard InChI is InChI=1S/C22H22ClF2N3O3/c1-22(2,3)31-21(30)26-9-5-8-18-27-19-16(6-4-7-17(19)23)20(29)28(18)15-11-13(24)10-14(25)12-15/h4,6-7,10-12H,5,8-9H2,1-3H3,(H,26,30). The van der Waals surface area contributed by atoms with E-state index in [0.29, 0.717) is 17.0 Å². The molecule has 1 heterocycles. The van der Waals surface area contributed by atoms with Crippen LogP contribution in [0.4, 0.5) is 13.6 Å². The first kappa shape index (κ1) is 22.7. The number of para-hydroxylation sites is 1. The molecule has 1 aromatic heterocycles. The molecular formula is C22H22ClF2N3O3. The average Bonchev–Trinajstić information content (AvgIpc) is 2.64. The molecule has 3 aromatic rings. The summed E-state index contributed by atoms with van der Waals surface area (Å²) in [5.41, 5.74) is -0.792. The highest BCUT2D eigenvalue weighted by molar-refractivity contribution is 6.34. The van der Waals surface area contributed by atoms with Gasteiger partial charge in [0, 0.05) is 19.0 Å². The van der Waals surface area contributed by atoms with Crippen molar-refractivity contribution in [2.75, 3.05) is 6.54 Å². The highest BCUT2D eigenvalue weighted by Crippen LogP contribution is 2.22. The van der Waals surface area contributed by atoms with Crippen molar-refractivity contribution in [3.05, 3.63) is 69.2 Å². The topological polar surface area (TPSA) is 73.2 Å². The number of alkyl carbamates (subject to hydrolysis) is 1. The van der Waals surface area contributed by atoms with Gasteiger partial charge in [0.05, 0.1) is 21.6 Å². The third kappa shape index (κ3) is 5.58. The predicted molar refractivity (Wildman–Crippen MR) is 115 cm³/mol. The maximum Gasteiger partial charge on any atom is 0.407 e. The molecule has 0 aliphatic carbocycles. The van der Waals surface area contributed by atoms with Crippen LogP contribution in [0.15, 0.2) is 41.2 Å². The molecule has 0 saturated carbocycles. The van der Waals surface area contributed by atoms with E-state index in [2.05, 4.69) is 10.3 Å². The molecule has 0 saturated heterocycles. The molecule has 0 radical (unpaired) electrons. The first-order valence-corrected chi connectivity index (χ1v) is 10.1. The second-order valence-electron chi connectivity index (χ2n) is 7.96. The van der Waals surface area contributed by atoms with Crippen molar-refractivity contribution in [1.82, 2.24) is 14.9 Å². The van der Waals surface area contributed by atoms with E-state index in [1.807, 2.05) is 0 Å². The lowest BCUT2D eigenvalue weighted by Gasteiger charge is -2.19. The monoisotopic (exact) mass is 449 g/mol. The molecule has 3 rings (SSSR count). The molecule has 0 aliphatic heterocycles. The third-order valence-electron chi connectivity index (χ3n) is 4.27. The molecule has 0 bridgehead atoms. The summed E-state index contributed by atoms with van der Waals surface area (Å²) in [5, 5.41) is 3.15. The number of benzene rings is 2. The molecule has 164 valence electrons. The molecule has 1 N–H and O–H groups in total. The van der Waals surface area contributed by atoms with Crippen LogP contribution in [0.3, 0.4) is 0 Å². The Kier molecular flexibility index (Phi) is 6.59. The smallest absolute Gasteiger partial charge is 0.407 e. The molecule has 0 atom stereocenters. The zero-order valence-electron chi connectivity index (χ0n) is 17.3. The lowest BCUT2D eigenvalue weighted by atomic mass is 10.2. The number of aryl methyl sites for hydroxylation is 1. The van der Waals surface area contributed by atoms with Crippen LogP contribution in [0.5, 0.6) is 0 Å². The van der Waals surface area contributed by atoms with Gasteiger partial charge in [-0.1, -0.05) is 17.7 Å². The Morgan fingerprint density at radius 2 is 1.87 bits per heavy atom. The maximum atomic E-state index is 13.8. The Morgan fingerprint density at radius 3 is 2.52 bits per heavy atom. The summed E-state index contributed by atoms with van der Waals surface area (Å²) in [5.74, 6) is -1.36. The maximum absolute atomic E-state index is 13.8. The number of nitrogens with zero attached hydrogens (tertiary/aromatic N) is 2. The van der Waals surface area contributed by atoms with Crippen LogP contribution in [-0.2, 0) is 11.2 Å². The molecule has 2 aromatic carbocycles. The number of fused-ring (bicyclic) bond motifs is 1. The zero-order chi connectivity index (χ0) is 22.8. The first-order valence-electron chi connectivity index (χ1n) is 9.68. The van der Waals surface area contributed by atoms with Gasteiger partial charge in [0.2, 0.25) is 0 Å². The number of ether oxygens (including phenoxy) is 1. The van der Waals surface area contributed by atoms with Crippen LogP contribution < -0.4 is 10.9 Å². The molecule has 31 heavy (non-hydrogen) atoms. The number of halogens is 3. The van der Waals surface area contributed by atoms with E-state index >= 15 is 0 Å². The van der Waals surface area contributed by atoms with Gasteiger partial charge >= 0.3 is 6.09 Å². The molecule has 1 amide bonds. The molecular weight excluding hydrogens is 428 g/mol. The third-order valence-corrected chi connectivity index (χ3v) is 4.58. The molecule has 0 spiro atoms. The van der Waals surface area contributed by atoms with Crippen LogP contribution in [0.25, 0.3) is 16.6 Å². The van der Waals surface area contributed by atoms with Gasteiger partial charge in [-0.05, 0) is 51.5 Å². The molecule has 6 nitrogen and oxygen atoms in total. The van der Waals surface area contributed by atoms with E-state index in [1.54, 1.807) is 39.0 Å².